The largest absolute Gasteiger partial charge is 0.312 e. The van der Waals surface area contributed by atoms with Crippen molar-refractivity contribution >= 4 is 0 Å². The zero-order chi connectivity index (χ0) is 15.2. The number of nitrogens with zero attached hydrogens (tertiary/aromatic N) is 2. The van der Waals surface area contributed by atoms with E-state index in [1.807, 2.05) is 25.4 Å². The van der Waals surface area contributed by atoms with Crippen molar-refractivity contribution in [3.8, 4) is 0 Å². The highest BCUT2D eigenvalue weighted by Crippen LogP contribution is 2.18. The number of benzene rings is 1. The summed E-state index contributed by atoms with van der Waals surface area (Å²) >= 11 is 0. The summed E-state index contributed by atoms with van der Waals surface area (Å²) < 4.78 is 0. The summed E-state index contributed by atoms with van der Waals surface area (Å²) in [5.74, 6) is 0. The van der Waals surface area contributed by atoms with E-state index in [2.05, 4.69) is 60.4 Å². The number of pyridine rings is 1. The van der Waals surface area contributed by atoms with Gasteiger partial charge >= 0.3 is 0 Å². The third kappa shape index (κ3) is 4.38. The molecule has 0 aliphatic rings. The average Bonchev–Trinajstić information content (AvgIpc) is 2.49. The Kier molecular flexibility index (Phi) is 5.48. The lowest BCUT2D eigenvalue weighted by Crippen LogP contribution is -2.31. The van der Waals surface area contributed by atoms with Crippen molar-refractivity contribution in [1.29, 1.82) is 0 Å². The first-order chi connectivity index (χ1) is 10.1. The van der Waals surface area contributed by atoms with E-state index in [-0.39, 0.29) is 0 Å². The normalized spacial score (nSPS) is 12.6. The van der Waals surface area contributed by atoms with E-state index in [1.165, 1.54) is 16.7 Å². The summed E-state index contributed by atoms with van der Waals surface area (Å²) in [4.78, 5) is 6.69. The fourth-order valence-electron chi connectivity index (χ4n) is 2.49. The second-order valence-corrected chi connectivity index (χ2v) is 5.70. The first kappa shape index (κ1) is 15.7. The number of rotatable bonds is 6. The summed E-state index contributed by atoms with van der Waals surface area (Å²) in [6, 6.07) is 13.1. The van der Waals surface area contributed by atoms with Crippen molar-refractivity contribution in [2.24, 2.45) is 0 Å². The molecule has 2 rings (SSSR count). The van der Waals surface area contributed by atoms with Crippen molar-refractivity contribution < 1.29 is 0 Å². The van der Waals surface area contributed by atoms with Gasteiger partial charge in [0.05, 0.1) is 5.69 Å². The number of likely N-dealkylation sites (N-methyl/N-ethyl adjacent to an activating group) is 2. The minimum absolute atomic E-state index is 0.331. The van der Waals surface area contributed by atoms with Gasteiger partial charge < -0.3 is 5.32 Å². The van der Waals surface area contributed by atoms with Crippen molar-refractivity contribution in [3.63, 3.8) is 0 Å². The predicted molar refractivity (Wildman–Crippen MR) is 88.3 cm³/mol. The third-order valence-electron chi connectivity index (χ3n) is 3.93. The van der Waals surface area contributed by atoms with Crippen LogP contribution in [-0.2, 0) is 6.54 Å². The Labute approximate surface area is 128 Å². The highest BCUT2D eigenvalue weighted by Gasteiger charge is 2.13. The van der Waals surface area contributed by atoms with Gasteiger partial charge in [-0.2, -0.15) is 0 Å². The predicted octanol–water partition coefficient (Wildman–Crippen LogP) is 3.09. The Hall–Kier alpha value is -1.71. The molecule has 0 aliphatic heterocycles. The van der Waals surface area contributed by atoms with E-state index in [4.69, 9.17) is 0 Å². The molecule has 0 radical (unpaired) electrons. The number of hydrogen-bond acceptors (Lipinski definition) is 3. The monoisotopic (exact) mass is 283 g/mol. The molecule has 1 heterocycles. The maximum absolute atomic E-state index is 4.39. The Bertz CT molecular complexity index is 566. The molecule has 3 heteroatoms. The van der Waals surface area contributed by atoms with Gasteiger partial charge in [-0.15, -0.1) is 0 Å². The third-order valence-corrected chi connectivity index (χ3v) is 3.93. The molecule has 0 amide bonds. The number of nitrogens with one attached hydrogen (secondary N) is 1. The molecule has 21 heavy (non-hydrogen) atoms. The summed E-state index contributed by atoms with van der Waals surface area (Å²) in [5.41, 5.74) is 5.14. The lowest BCUT2D eigenvalue weighted by atomic mass is 10.0. The lowest BCUT2D eigenvalue weighted by molar-refractivity contribution is 0.286. The fourth-order valence-corrected chi connectivity index (χ4v) is 2.49. The molecule has 0 saturated carbocycles. The van der Waals surface area contributed by atoms with E-state index in [0.29, 0.717) is 6.04 Å². The van der Waals surface area contributed by atoms with Crippen LogP contribution in [0.1, 0.15) is 28.4 Å². The van der Waals surface area contributed by atoms with Crippen LogP contribution in [0.5, 0.6) is 0 Å². The molecule has 1 unspecified atom stereocenters. The molecular weight excluding hydrogens is 258 g/mol. The minimum atomic E-state index is 0.331. The highest BCUT2D eigenvalue weighted by atomic mass is 15.1. The average molecular weight is 283 g/mol. The Morgan fingerprint density at radius 1 is 1.14 bits per heavy atom. The smallest absolute Gasteiger partial charge is 0.0543 e. The molecule has 0 spiro atoms. The van der Waals surface area contributed by atoms with Crippen molar-refractivity contribution in [1.82, 2.24) is 15.2 Å². The van der Waals surface area contributed by atoms with Gasteiger partial charge in [-0.05, 0) is 56.8 Å². The van der Waals surface area contributed by atoms with E-state index in [0.717, 1.165) is 18.8 Å². The van der Waals surface area contributed by atoms with Gasteiger partial charge in [0, 0.05) is 25.3 Å². The number of hydrogen-bond donors (Lipinski definition) is 1. The van der Waals surface area contributed by atoms with Gasteiger partial charge in [-0.3, -0.25) is 9.88 Å². The Morgan fingerprint density at radius 2 is 1.95 bits per heavy atom. The molecule has 0 aliphatic carbocycles. The minimum Gasteiger partial charge on any atom is -0.312 e. The quantitative estimate of drug-likeness (QED) is 0.883. The van der Waals surface area contributed by atoms with E-state index >= 15 is 0 Å². The number of aryl methyl sites for hydroxylation is 2. The van der Waals surface area contributed by atoms with Crippen molar-refractivity contribution in [2.45, 2.75) is 26.4 Å². The molecule has 1 N–H and O–H groups in total. The van der Waals surface area contributed by atoms with Crippen molar-refractivity contribution in [2.75, 3.05) is 20.6 Å². The van der Waals surface area contributed by atoms with Gasteiger partial charge in [0.2, 0.25) is 0 Å². The summed E-state index contributed by atoms with van der Waals surface area (Å²) in [7, 11) is 4.16. The maximum atomic E-state index is 4.39. The highest BCUT2D eigenvalue weighted by molar-refractivity contribution is 5.31. The first-order valence-corrected chi connectivity index (χ1v) is 7.43. The molecular formula is C18H25N3. The van der Waals surface area contributed by atoms with Crippen LogP contribution < -0.4 is 5.32 Å². The molecule has 3 nitrogen and oxygen atoms in total. The van der Waals surface area contributed by atoms with Gasteiger partial charge in [0.15, 0.2) is 0 Å². The van der Waals surface area contributed by atoms with E-state index < -0.39 is 0 Å². The van der Waals surface area contributed by atoms with Crippen LogP contribution in [-0.4, -0.2) is 30.5 Å². The van der Waals surface area contributed by atoms with Crippen LogP contribution in [0, 0.1) is 13.8 Å². The standard InChI is InChI=1S/C18H25N3/c1-14-8-9-16(11-15(14)2)18(19-3)13-21(4)12-17-7-5-6-10-20-17/h5-11,18-19H,12-13H2,1-4H3. The second-order valence-electron chi connectivity index (χ2n) is 5.70. The SMILES string of the molecule is CNC(CN(C)Cc1ccccn1)c1ccc(C)c(C)c1. The Morgan fingerprint density at radius 3 is 2.57 bits per heavy atom. The van der Waals surface area contributed by atoms with Crippen LogP contribution in [0.4, 0.5) is 0 Å². The lowest BCUT2D eigenvalue weighted by Gasteiger charge is -2.24. The van der Waals surface area contributed by atoms with E-state index in [9.17, 15) is 0 Å². The van der Waals surface area contributed by atoms with Gasteiger partial charge in [-0.1, -0.05) is 24.3 Å². The first-order valence-electron chi connectivity index (χ1n) is 7.43. The van der Waals surface area contributed by atoms with Gasteiger partial charge in [-0.25, -0.2) is 0 Å². The molecule has 1 aromatic heterocycles. The molecule has 0 fully saturated rings. The van der Waals surface area contributed by atoms with Crippen LogP contribution in [0.15, 0.2) is 42.6 Å². The zero-order valence-corrected chi connectivity index (χ0v) is 13.4. The zero-order valence-electron chi connectivity index (χ0n) is 13.4. The summed E-state index contributed by atoms with van der Waals surface area (Å²) in [6.07, 6.45) is 1.85. The molecule has 112 valence electrons. The Balaban J connectivity index is 2.02. The van der Waals surface area contributed by atoms with Crippen LogP contribution in [0.3, 0.4) is 0 Å². The topological polar surface area (TPSA) is 28.2 Å². The maximum Gasteiger partial charge on any atom is 0.0543 e. The summed E-state index contributed by atoms with van der Waals surface area (Å²) in [5, 5.41) is 3.42. The molecule has 2 aromatic rings. The molecule has 1 aromatic carbocycles. The fraction of sp³-hybridized carbons (Fsp3) is 0.389. The van der Waals surface area contributed by atoms with E-state index in [1.54, 1.807) is 0 Å². The van der Waals surface area contributed by atoms with Crippen molar-refractivity contribution in [3.05, 3.63) is 65.0 Å². The second kappa shape index (κ2) is 7.34. The number of aromatic nitrogens is 1. The molecule has 1 atom stereocenters. The van der Waals surface area contributed by atoms with Gasteiger partial charge in [0.25, 0.3) is 0 Å². The van der Waals surface area contributed by atoms with Crippen LogP contribution in [0.2, 0.25) is 0 Å². The van der Waals surface area contributed by atoms with Crippen LogP contribution >= 0.6 is 0 Å². The summed E-state index contributed by atoms with van der Waals surface area (Å²) in [6.45, 7) is 6.14. The molecule has 0 saturated heterocycles. The molecule has 0 bridgehead atoms. The van der Waals surface area contributed by atoms with Crippen LogP contribution in [0.25, 0.3) is 0 Å². The van der Waals surface area contributed by atoms with Gasteiger partial charge in [0.1, 0.15) is 0 Å².